The fraction of sp³-hybridized carbons (Fsp3) is 0.565. The molecular weight excluding hydrogens is 412 g/mol. The van der Waals surface area contributed by atoms with Crippen molar-refractivity contribution in [1.29, 1.82) is 0 Å². The van der Waals surface area contributed by atoms with Crippen LogP contribution >= 0.6 is 11.3 Å². The average Bonchev–Trinajstić information content (AvgIpc) is 3.12. The van der Waals surface area contributed by atoms with Gasteiger partial charge in [0.15, 0.2) is 11.5 Å². The second kappa shape index (κ2) is 10.4. The van der Waals surface area contributed by atoms with E-state index >= 15 is 0 Å². The fourth-order valence-electron chi connectivity index (χ4n) is 3.58. The first kappa shape index (κ1) is 23.5. The number of carbonyl (C=O) groups excluding carboxylic acids is 1. The van der Waals surface area contributed by atoms with Gasteiger partial charge < -0.3 is 14.8 Å². The van der Waals surface area contributed by atoms with Gasteiger partial charge in [0.05, 0.1) is 24.4 Å². The van der Waals surface area contributed by atoms with Crippen LogP contribution in [0.2, 0.25) is 0 Å². The van der Waals surface area contributed by atoms with Gasteiger partial charge in [-0.15, -0.1) is 11.3 Å². The van der Waals surface area contributed by atoms with E-state index in [0.717, 1.165) is 54.9 Å². The van der Waals surface area contributed by atoms with Crippen LogP contribution in [-0.4, -0.2) is 66.1 Å². The molecule has 170 valence electrons. The number of aromatic nitrogens is 1. The molecule has 2 heterocycles. The summed E-state index contributed by atoms with van der Waals surface area (Å²) in [6, 6.07) is 6.11. The van der Waals surface area contributed by atoms with Gasteiger partial charge in [0.2, 0.25) is 5.91 Å². The molecule has 7 nitrogen and oxygen atoms in total. The maximum absolute atomic E-state index is 12.2. The molecule has 1 aromatic carbocycles. The maximum atomic E-state index is 12.2. The molecule has 1 aliphatic rings. The molecule has 0 radical (unpaired) electrons. The van der Waals surface area contributed by atoms with Crippen molar-refractivity contribution in [3.8, 4) is 11.5 Å². The van der Waals surface area contributed by atoms with Crippen LogP contribution < -0.4 is 14.8 Å². The summed E-state index contributed by atoms with van der Waals surface area (Å²) in [6.07, 6.45) is 0. The monoisotopic (exact) mass is 446 g/mol. The highest BCUT2D eigenvalue weighted by Gasteiger charge is 2.21. The van der Waals surface area contributed by atoms with Crippen LogP contribution in [0.5, 0.6) is 11.5 Å². The fourth-order valence-corrected chi connectivity index (χ4v) is 4.18. The van der Waals surface area contributed by atoms with E-state index in [1.807, 2.05) is 45.2 Å². The highest BCUT2D eigenvalue weighted by atomic mass is 32.1. The third-order valence-electron chi connectivity index (χ3n) is 5.02. The van der Waals surface area contributed by atoms with Gasteiger partial charge >= 0.3 is 0 Å². The molecule has 0 saturated carbocycles. The highest BCUT2D eigenvalue weighted by Crippen LogP contribution is 2.29. The van der Waals surface area contributed by atoms with Crippen molar-refractivity contribution in [2.45, 2.75) is 46.4 Å². The number of piperazine rings is 1. The van der Waals surface area contributed by atoms with Crippen molar-refractivity contribution < 1.29 is 14.3 Å². The van der Waals surface area contributed by atoms with Crippen molar-refractivity contribution in [2.75, 3.05) is 39.8 Å². The van der Waals surface area contributed by atoms with E-state index in [1.54, 1.807) is 18.4 Å². The van der Waals surface area contributed by atoms with E-state index in [2.05, 4.69) is 26.2 Å². The van der Waals surface area contributed by atoms with E-state index < -0.39 is 0 Å². The summed E-state index contributed by atoms with van der Waals surface area (Å²) in [4.78, 5) is 21.2. The molecule has 0 unspecified atom stereocenters. The first-order valence-corrected chi connectivity index (χ1v) is 11.6. The Morgan fingerprint density at radius 2 is 1.87 bits per heavy atom. The Labute approximate surface area is 189 Å². The van der Waals surface area contributed by atoms with Crippen molar-refractivity contribution in [2.24, 2.45) is 0 Å². The van der Waals surface area contributed by atoms with E-state index in [1.165, 1.54) is 5.56 Å². The highest BCUT2D eigenvalue weighted by molar-refractivity contribution is 7.09. The zero-order valence-electron chi connectivity index (χ0n) is 19.2. The second-order valence-corrected chi connectivity index (χ2v) is 10.0. The van der Waals surface area contributed by atoms with Crippen molar-refractivity contribution in [3.05, 3.63) is 39.8 Å². The first-order valence-electron chi connectivity index (χ1n) is 10.7. The van der Waals surface area contributed by atoms with E-state index in [9.17, 15) is 4.79 Å². The lowest BCUT2D eigenvalue weighted by molar-refractivity contribution is -0.124. The Hall–Kier alpha value is -2.16. The summed E-state index contributed by atoms with van der Waals surface area (Å²) in [5, 5.41) is 6.09. The number of rotatable bonds is 8. The molecule has 1 aromatic heterocycles. The summed E-state index contributed by atoms with van der Waals surface area (Å²) >= 11 is 1.62. The Balaban J connectivity index is 1.48. The third kappa shape index (κ3) is 7.48. The number of nitrogens with zero attached hydrogens (tertiary/aromatic N) is 3. The summed E-state index contributed by atoms with van der Waals surface area (Å²) in [6.45, 7) is 13.4. The minimum atomic E-state index is -0.187. The van der Waals surface area contributed by atoms with Crippen molar-refractivity contribution in [3.63, 3.8) is 0 Å². The van der Waals surface area contributed by atoms with E-state index in [4.69, 9.17) is 9.47 Å². The lowest BCUT2D eigenvalue weighted by Crippen LogP contribution is -2.51. The summed E-state index contributed by atoms with van der Waals surface area (Å²) < 4.78 is 11.5. The number of hydrogen-bond donors (Lipinski definition) is 1. The molecule has 2 aromatic rings. The zero-order valence-corrected chi connectivity index (χ0v) is 20.1. The molecule has 1 amide bonds. The normalized spacial score (nSPS) is 15.6. The lowest BCUT2D eigenvalue weighted by Gasteiger charge is -2.35. The average molecular weight is 447 g/mol. The van der Waals surface area contributed by atoms with Crippen LogP contribution in [0.3, 0.4) is 0 Å². The van der Waals surface area contributed by atoms with Crippen LogP contribution in [-0.2, 0) is 17.9 Å². The van der Waals surface area contributed by atoms with Gasteiger partial charge in [0.1, 0.15) is 6.61 Å². The SMILES string of the molecule is COc1cc(CN2CCN(CC(=O)NC(C)(C)C)CC2)ccc1OCc1csc(C)n1. The third-order valence-corrected chi connectivity index (χ3v) is 5.85. The predicted octanol–water partition coefficient (Wildman–Crippen LogP) is 3.07. The molecule has 1 aliphatic heterocycles. The molecule has 0 spiro atoms. The van der Waals surface area contributed by atoms with Crippen molar-refractivity contribution >= 4 is 17.2 Å². The first-order chi connectivity index (χ1) is 14.7. The maximum Gasteiger partial charge on any atom is 0.234 e. The molecular formula is C23H34N4O3S. The molecule has 0 atom stereocenters. The molecule has 3 rings (SSSR count). The number of nitrogens with one attached hydrogen (secondary N) is 1. The van der Waals surface area contributed by atoms with E-state index in [0.29, 0.717) is 13.2 Å². The largest absolute Gasteiger partial charge is 0.493 e. The molecule has 31 heavy (non-hydrogen) atoms. The Morgan fingerprint density at radius 1 is 1.16 bits per heavy atom. The van der Waals surface area contributed by atoms with Crippen LogP contribution in [0.1, 0.15) is 37.0 Å². The Bertz CT molecular complexity index is 870. The number of ether oxygens (including phenoxy) is 2. The quantitative estimate of drug-likeness (QED) is 0.672. The number of methoxy groups -OCH3 is 1. The van der Waals surface area contributed by atoms with Gasteiger partial charge in [0, 0.05) is 43.6 Å². The minimum Gasteiger partial charge on any atom is -0.493 e. The summed E-state index contributed by atoms with van der Waals surface area (Å²) in [5.74, 6) is 1.56. The zero-order chi connectivity index (χ0) is 22.4. The van der Waals surface area contributed by atoms with Gasteiger partial charge in [-0.3, -0.25) is 14.6 Å². The number of carbonyl (C=O) groups is 1. The van der Waals surface area contributed by atoms with Gasteiger partial charge in [0.25, 0.3) is 0 Å². The number of aryl methyl sites for hydroxylation is 1. The standard InChI is InChI=1S/C23H34N4O3S/c1-17-24-19(16-31-17)15-30-20-7-6-18(12-21(20)29-5)13-26-8-10-27(11-9-26)14-22(28)25-23(2,3)4/h6-7,12,16H,8-11,13-15H2,1-5H3,(H,25,28). The number of amides is 1. The van der Waals surface area contributed by atoms with E-state index in [-0.39, 0.29) is 11.4 Å². The summed E-state index contributed by atoms with van der Waals surface area (Å²) in [5.41, 5.74) is 1.93. The molecule has 0 bridgehead atoms. The van der Waals surface area contributed by atoms with Gasteiger partial charge in [-0.25, -0.2) is 4.98 Å². The predicted molar refractivity (Wildman–Crippen MR) is 124 cm³/mol. The molecule has 1 fully saturated rings. The van der Waals surface area contributed by atoms with Crippen LogP contribution in [0.4, 0.5) is 0 Å². The van der Waals surface area contributed by atoms with Gasteiger partial charge in [-0.1, -0.05) is 6.07 Å². The Kier molecular flexibility index (Phi) is 7.91. The molecule has 1 N–H and O–H groups in total. The number of benzene rings is 1. The molecule has 8 heteroatoms. The number of hydrogen-bond acceptors (Lipinski definition) is 7. The van der Waals surface area contributed by atoms with Crippen LogP contribution in [0.15, 0.2) is 23.6 Å². The smallest absolute Gasteiger partial charge is 0.234 e. The number of thiazole rings is 1. The molecule has 1 saturated heterocycles. The summed E-state index contributed by atoms with van der Waals surface area (Å²) in [7, 11) is 1.67. The van der Waals surface area contributed by atoms with Crippen molar-refractivity contribution in [1.82, 2.24) is 20.1 Å². The minimum absolute atomic E-state index is 0.0917. The topological polar surface area (TPSA) is 66.9 Å². The van der Waals surface area contributed by atoms with Crippen LogP contribution in [0, 0.1) is 6.92 Å². The van der Waals surface area contributed by atoms with Crippen LogP contribution in [0.25, 0.3) is 0 Å². The second-order valence-electron chi connectivity index (χ2n) is 8.98. The van der Waals surface area contributed by atoms with Gasteiger partial charge in [-0.2, -0.15) is 0 Å². The Morgan fingerprint density at radius 3 is 2.48 bits per heavy atom. The van der Waals surface area contributed by atoms with Gasteiger partial charge in [-0.05, 0) is 45.4 Å². The lowest BCUT2D eigenvalue weighted by atomic mass is 10.1. The molecule has 0 aliphatic carbocycles.